The van der Waals surface area contributed by atoms with Gasteiger partial charge in [0, 0.05) is 12.5 Å². The lowest BCUT2D eigenvalue weighted by molar-refractivity contribution is 0.461. The maximum absolute atomic E-state index is 4.56. The average molecular weight is 257 g/mol. The van der Waals surface area contributed by atoms with Crippen molar-refractivity contribution in [3.63, 3.8) is 0 Å². The molecule has 0 aliphatic carbocycles. The van der Waals surface area contributed by atoms with Gasteiger partial charge in [-0.1, -0.05) is 43.7 Å². The van der Waals surface area contributed by atoms with Crippen LogP contribution in [-0.4, -0.2) is 23.6 Å². The minimum Gasteiger partial charge on any atom is -0.342 e. The summed E-state index contributed by atoms with van der Waals surface area (Å²) < 4.78 is 0. The van der Waals surface area contributed by atoms with Crippen LogP contribution in [0.5, 0.6) is 0 Å². The Balaban J connectivity index is 2.24. The highest BCUT2D eigenvalue weighted by atomic mass is 14.9. The SMILES string of the molecule is CNCC(c1ncc(-c2ccc(C)cc2)[nH]1)C(C)C. The van der Waals surface area contributed by atoms with E-state index in [1.165, 1.54) is 11.1 Å². The van der Waals surface area contributed by atoms with Crippen molar-refractivity contribution in [2.75, 3.05) is 13.6 Å². The van der Waals surface area contributed by atoms with E-state index in [9.17, 15) is 0 Å². The van der Waals surface area contributed by atoms with E-state index in [2.05, 4.69) is 60.3 Å². The molecule has 0 saturated carbocycles. The van der Waals surface area contributed by atoms with Crippen LogP contribution >= 0.6 is 0 Å². The lowest BCUT2D eigenvalue weighted by Crippen LogP contribution is -2.22. The van der Waals surface area contributed by atoms with Crippen LogP contribution < -0.4 is 5.32 Å². The van der Waals surface area contributed by atoms with Gasteiger partial charge in [0.05, 0.1) is 11.9 Å². The van der Waals surface area contributed by atoms with Crippen LogP contribution in [0.2, 0.25) is 0 Å². The molecule has 2 N–H and O–H groups in total. The second-order valence-electron chi connectivity index (χ2n) is 5.46. The predicted octanol–water partition coefficient (Wildman–Crippen LogP) is 3.34. The minimum absolute atomic E-state index is 0.421. The van der Waals surface area contributed by atoms with Crippen LogP contribution in [0.4, 0.5) is 0 Å². The normalized spacial score (nSPS) is 12.9. The van der Waals surface area contributed by atoms with Crippen molar-refractivity contribution in [1.29, 1.82) is 0 Å². The van der Waals surface area contributed by atoms with Gasteiger partial charge in [0.2, 0.25) is 0 Å². The molecular weight excluding hydrogens is 234 g/mol. The largest absolute Gasteiger partial charge is 0.342 e. The van der Waals surface area contributed by atoms with Gasteiger partial charge in [-0.05, 0) is 25.5 Å². The Morgan fingerprint density at radius 1 is 1.21 bits per heavy atom. The molecule has 102 valence electrons. The third kappa shape index (κ3) is 3.24. The predicted molar refractivity (Wildman–Crippen MR) is 80.3 cm³/mol. The molecule has 1 aromatic carbocycles. The number of imidazole rings is 1. The Morgan fingerprint density at radius 3 is 2.47 bits per heavy atom. The van der Waals surface area contributed by atoms with E-state index in [4.69, 9.17) is 0 Å². The van der Waals surface area contributed by atoms with Crippen LogP contribution in [-0.2, 0) is 0 Å². The van der Waals surface area contributed by atoms with E-state index in [0.29, 0.717) is 11.8 Å². The molecule has 3 nitrogen and oxygen atoms in total. The Morgan fingerprint density at radius 2 is 1.89 bits per heavy atom. The maximum atomic E-state index is 4.56. The van der Waals surface area contributed by atoms with E-state index >= 15 is 0 Å². The molecule has 0 radical (unpaired) electrons. The van der Waals surface area contributed by atoms with Gasteiger partial charge in [-0.3, -0.25) is 0 Å². The summed E-state index contributed by atoms with van der Waals surface area (Å²) in [6.07, 6.45) is 1.94. The fourth-order valence-corrected chi connectivity index (χ4v) is 2.27. The first kappa shape index (κ1) is 13.8. The molecule has 3 heteroatoms. The molecule has 0 aliphatic rings. The third-order valence-corrected chi connectivity index (χ3v) is 3.54. The summed E-state index contributed by atoms with van der Waals surface area (Å²) in [6, 6.07) is 8.52. The molecule has 2 rings (SSSR count). The van der Waals surface area contributed by atoms with Crippen LogP contribution in [0.25, 0.3) is 11.3 Å². The van der Waals surface area contributed by atoms with Gasteiger partial charge in [-0.15, -0.1) is 0 Å². The van der Waals surface area contributed by atoms with Crippen molar-refractivity contribution in [1.82, 2.24) is 15.3 Å². The standard InChI is InChI=1S/C16H23N3/c1-11(2)14(9-17-4)16-18-10-15(19-16)13-7-5-12(3)6-8-13/h5-8,10-11,14,17H,9H2,1-4H3,(H,18,19). The molecule has 0 fully saturated rings. The van der Waals surface area contributed by atoms with Crippen molar-refractivity contribution < 1.29 is 0 Å². The summed E-state index contributed by atoms with van der Waals surface area (Å²) in [4.78, 5) is 8.02. The van der Waals surface area contributed by atoms with Crippen molar-refractivity contribution in [2.24, 2.45) is 5.92 Å². The number of aromatic amines is 1. The third-order valence-electron chi connectivity index (χ3n) is 3.54. The Labute approximate surface area is 115 Å². The van der Waals surface area contributed by atoms with Crippen molar-refractivity contribution in [3.05, 3.63) is 41.9 Å². The fourth-order valence-electron chi connectivity index (χ4n) is 2.27. The van der Waals surface area contributed by atoms with E-state index in [-0.39, 0.29) is 0 Å². The molecular formula is C16H23N3. The van der Waals surface area contributed by atoms with E-state index in [1.807, 2.05) is 13.2 Å². The highest BCUT2D eigenvalue weighted by molar-refractivity contribution is 5.58. The summed E-state index contributed by atoms with van der Waals surface area (Å²) >= 11 is 0. The molecule has 0 amide bonds. The zero-order valence-electron chi connectivity index (χ0n) is 12.2. The van der Waals surface area contributed by atoms with E-state index < -0.39 is 0 Å². The number of hydrogen-bond acceptors (Lipinski definition) is 2. The number of hydrogen-bond donors (Lipinski definition) is 2. The van der Waals surface area contributed by atoms with Crippen LogP contribution in [0.15, 0.2) is 30.5 Å². The highest BCUT2D eigenvalue weighted by Gasteiger charge is 2.18. The molecule has 0 saturated heterocycles. The lowest BCUT2D eigenvalue weighted by Gasteiger charge is -2.17. The first-order valence-corrected chi connectivity index (χ1v) is 6.88. The fraction of sp³-hybridized carbons (Fsp3) is 0.438. The Bertz CT molecular complexity index is 511. The van der Waals surface area contributed by atoms with Crippen molar-refractivity contribution in [2.45, 2.75) is 26.7 Å². The number of aromatic nitrogens is 2. The molecule has 2 aromatic rings. The number of nitrogens with one attached hydrogen (secondary N) is 2. The number of likely N-dealkylation sites (N-methyl/N-ethyl adjacent to an activating group) is 1. The highest BCUT2D eigenvalue weighted by Crippen LogP contribution is 2.24. The topological polar surface area (TPSA) is 40.7 Å². The minimum atomic E-state index is 0.421. The van der Waals surface area contributed by atoms with Crippen molar-refractivity contribution in [3.8, 4) is 11.3 Å². The quantitative estimate of drug-likeness (QED) is 0.862. The summed E-state index contributed by atoms with van der Waals surface area (Å²) in [6.45, 7) is 7.51. The monoisotopic (exact) mass is 257 g/mol. The molecule has 0 aliphatic heterocycles. The van der Waals surface area contributed by atoms with Crippen LogP contribution in [0.3, 0.4) is 0 Å². The van der Waals surface area contributed by atoms with Gasteiger partial charge < -0.3 is 10.3 Å². The molecule has 19 heavy (non-hydrogen) atoms. The molecule has 0 bridgehead atoms. The smallest absolute Gasteiger partial charge is 0.111 e. The van der Waals surface area contributed by atoms with Crippen LogP contribution in [0.1, 0.15) is 31.2 Å². The summed E-state index contributed by atoms with van der Waals surface area (Å²) in [5, 5.41) is 3.24. The Kier molecular flexibility index (Phi) is 4.38. The number of benzene rings is 1. The number of rotatable bonds is 5. The van der Waals surface area contributed by atoms with Gasteiger partial charge in [0.15, 0.2) is 0 Å². The molecule has 0 spiro atoms. The van der Waals surface area contributed by atoms with E-state index in [1.54, 1.807) is 0 Å². The Hall–Kier alpha value is -1.61. The number of aryl methyl sites for hydroxylation is 1. The summed E-state index contributed by atoms with van der Waals surface area (Å²) in [7, 11) is 1.99. The summed E-state index contributed by atoms with van der Waals surface area (Å²) in [5.41, 5.74) is 3.56. The van der Waals surface area contributed by atoms with Crippen LogP contribution in [0, 0.1) is 12.8 Å². The summed E-state index contributed by atoms with van der Waals surface area (Å²) in [5.74, 6) is 2.05. The average Bonchev–Trinajstić information content (AvgIpc) is 2.85. The lowest BCUT2D eigenvalue weighted by atomic mass is 9.95. The second kappa shape index (κ2) is 6.02. The van der Waals surface area contributed by atoms with E-state index in [0.717, 1.165) is 18.1 Å². The molecule has 1 heterocycles. The van der Waals surface area contributed by atoms with Gasteiger partial charge in [-0.2, -0.15) is 0 Å². The van der Waals surface area contributed by atoms with Gasteiger partial charge in [-0.25, -0.2) is 4.98 Å². The molecule has 1 unspecified atom stereocenters. The molecule has 1 aromatic heterocycles. The zero-order valence-corrected chi connectivity index (χ0v) is 12.2. The van der Waals surface area contributed by atoms with Crippen molar-refractivity contribution >= 4 is 0 Å². The van der Waals surface area contributed by atoms with Gasteiger partial charge in [0.1, 0.15) is 5.82 Å². The van der Waals surface area contributed by atoms with Gasteiger partial charge in [0.25, 0.3) is 0 Å². The zero-order chi connectivity index (χ0) is 13.8. The molecule has 1 atom stereocenters. The first-order valence-electron chi connectivity index (χ1n) is 6.88. The second-order valence-corrected chi connectivity index (χ2v) is 5.46. The van der Waals surface area contributed by atoms with Gasteiger partial charge >= 0.3 is 0 Å². The number of nitrogens with zero attached hydrogens (tertiary/aromatic N) is 1. The first-order chi connectivity index (χ1) is 9.11. The maximum Gasteiger partial charge on any atom is 0.111 e. The number of H-pyrrole nitrogens is 1.